The van der Waals surface area contributed by atoms with Crippen LogP contribution in [0.1, 0.15) is 0 Å². The monoisotopic (exact) mass is 322 g/mol. The predicted octanol–water partition coefficient (Wildman–Crippen LogP) is 1.53. The van der Waals surface area contributed by atoms with Gasteiger partial charge < -0.3 is 5.73 Å². The van der Waals surface area contributed by atoms with Crippen LogP contribution >= 0.6 is 23.5 Å². The molecule has 3 N–H and O–H groups in total. The zero-order chi connectivity index (χ0) is 13.9. The number of anilines is 1. The highest BCUT2D eigenvalue weighted by Gasteiger charge is 2.21. The van der Waals surface area contributed by atoms with Crippen molar-refractivity contribution in [1.82, 2.24) is 4.72 Å². The van der Waals surface area contributed by atoms with Gasteiger partial charge in [0.2, 0.25) is 10.0 Å². The number of nitrogen functional groups attached to an aromatic ring is 1. The van der Waals surface area contributed by atoms with E-state index in [0.29, 0.717) is 6.54 Å². The van der Waals surface area contributed by atoms with E-state index in [0.717, 1.165) is 29.4 Å². The van der Waals surface area contributed by atoms with Crippen molar-refractivity contribution in [3.8, 4) is 0 Å². The second kappa shape index (κ2) is 6.34. The highest BCUT2D eigenvalue weighted by atomic mass is 32.2. The number of hydrogen-bond donors (Lipinski definition) is 2. The quantitative estimate of drug-likeness (QED) is 0.823. The molecule has 1 saturated heterocycles. The zero-order valence-corrected chi connectivity index (χ0v) is 12.6. The summed E-state index contributed by atoms with van der Waals surface area (Å²) in [5.41, 5.74) is 5.64. The lowest BCUT2D eigenvalue weighted by Crippen LogP contribution is -2.33. The van der Waals surface area contributed by atoms with Gasteiger partial charge in [-0.2, -0.15) is 23.5 Å². The van der Waals surface area contributed by atoms with Crippen molar-refractivity contribution >= 4 is 39.2 Å². The Hall–Kier alpha value is -0.440. The number of sulfonamides is 1. The molecular formula is C11H15FN2O2S3. The summed E-state index contributed by atoms with van der Waals surface area (Å²) in [6.45, 7) is 0.343. The minimum atomic E-state index is -3.75. The molecule has 0 aliphatic carbocycles. The Morgan fingerprint density at radius 2 is 2.21 bits per heavy atom. The molecule has 1 aromatic carbocycles. The van der Waals surface area contributed by atoms with E-state index in [1.165, 1.54) is 6.07 Å². The van der Waals surface area contributed by atoms with Crippen LogP contribution in [0.4, 0.5) is 10.1 Å². The fourth-order valence-corrected chi connectivity index (χ4v) is 5.62. The van der Waals surface area contributed by atoms with Gasteiger partial charge in [-0.25, -0.2) is 17.5 Å². The Morgan fingerprint density at radius 3 is 2.89 bits per heavy atom. The number of rotatable bonds is 4. The van der Waals surface area contributed by atoms with Crippen molar-refractivity contribution in [1.29, 1.82) is 0 Å². The van der Waals surface area contributed by atoms with Crippen LogP contribution in [-0.2, 0) is 10.0 Å². The summed E-state index contributed by atoms with van der Waals surface area (Å²) < 4.78 is 39.8. The van der Waals surface area contributed by atoms with Crippen molar-refractivity contribution in [3.05, 3.63) is 24.0 Å². The summed E-state index contributed by atoms with van der Waals surface area (Å²) in [4.78, 5) is -0.194. The number of thioether (sulfide) groups is 2. The van der Waals surface area contributed by atoms with Gasteiger partial charge >= 0.3 is 0 Å². The maximum atomic E-state index is 13.1. The van der Waals surface area contributed by atoms with E-state index in [4.69, 9.17) is 5.73 Å². The van der Waals surface area contributed by atoms with Gasteiger partial charge in [0.15, 0.2) is 0 Å². The Kier molecular flexibility index (Phi) is 4.99. The molecule has 0 spiro atoms. The zero-order valence-electron chi connectivity index (χ0n) is 10.1. The van der Waals surface area contributed by atoms with Crippen molar-refractivity contribution < 1.29 is 12.8 Å². The molecule has 106 valence electrons. The van der Waals surface area contributed by atoms with E-state index in [2.05, 4.69) is 4.72 Å². The second-order valence-corrected chi connectivity index (χ2v) is 8.40. The summed E-state index contributed by atoms with van der Waals surface area (Å²) in [7, 11) is -3.75. The lowest BCUT2D eigenvalue weighted by atomic mass is 10.3. The smallest absolute Gasteiger partial charge is 0.242 e. The first-order chi connectivity index (χ1) is 8.99. The fourth-order valence-electron chi connectivity index (χ4n) is 1.68. The normalized spacial score (nSPS) is 20.4. The Bertz CT molecular complexity index is 545. The molecule has 1 unspecified atom stereocenters. The summed E-state index contributed by atoms with van der Waals surface area (Å²) >= 11 is 3.57. The molecule has 0 aromatic heterocycles. The molecule has 1 fully saturated rings. The van der Waals surface area contributed by atoms with Gasteiger partial charge in [0.1, 0.15) is 10.7 Å². The van der Waals surface area contributed by atoms with Crippen LogP contribution < -0.4 is 10.5 Å². The van der Waals surface area contributed by atoms with Gasteiger partial charge in [-0.05, 0) is 18.2 Å². The molecule has 0 bridgehead atoms. The molecule has 4 nitrogen and oxygen atoms in total. The number of halogens is 1. The maximum absolute atomic E-state index is 13.1. The fraction of sp³-hybridized carbons (Fsp3) is 0.455. The van der Waals surface area contributed by atoms with Crippen LogP contribution in [0.3, 0.4) is 0 Å². The number of hydrogen-bond acceptors (Lipinski definition) is 5. The van der Waals surface area contributed by atoms with E-state index >= 15 is 0 Å². The van der Waals surface area contributed by atoms with Gasteiger partial charge in [0.25, 0.3) is 0 Å². The van der Waals surface area contributed by atoms with Crippen LogP contribution in [0, 0.1) is 5.82 Å². The van der Waals surface area contributed by atoms with Crippen molar-refractivity contribution in [2.24, 2.45) is 0 Å². The molecule has 1 aromatic rings. The SMILES string of the molecule is Nc1ccc(F)cc1S(=O)(=O)NCC1CSCCS1. The van der Waals surface area contributed by atoms with E-state index < -0.39 is 15.8 Å². The third-order valence-corrected chi connectivity index (χ3v) is 6.98. The number of nitrogens with one attached hydrogen (secondary N) is 1. The summed E-state index contributed by atoms with van der Waals surface area (Å²) in [5.74, 6) is 2.44. The van der Waals surface area contributed by atoms with Crippen molar-refractivity contribution in [2.45, 2.75) is 10.1 Å². The molecule has 2 rings (SSSR count). The molecule has 0 amide bonds. The topological polar surface area (TPSA) is 72.2 Å². The minimum absolute atomic E-state index is 0.0552. The Balaban J connectivity index is 2.07. The highest BCUT2D eigenvalue weighted by Crippen LogP contribution is 2.24. The molecule has 19 heavy (non-hydrogen) atoms. The van der Waals surface area contributed by atoms with Crippen LogP contribution in [0.5, 0.6) is 0 Å². The van der Waals surface area contributed by atoms with Crippen LogP contribution in [-0.4, -0.2) is 37.5 Å². The average Bonchev–Trinajstić information content (AvgIpc) is 2.40. The molecule has 1 aliphatic rings. The molecule has 1 atom stereocenters. The van der Waals surface area contributed by atoms with E-state index in [1.54, 1.807) is 11.8 Å². The number of nitrogens with two attached hydrogens (primary N) is 1. The molecule has 0 saturated carbocycles. The lowest BCUT2D eigenvalue weighted by Gasteiger charge is -2.21. The first-order valence-corrected chi connectivity index (χ1v) is 9.42. The molecule has 1 aliphatic heterocycles. The van der Waals surface area contributed by atoms with E-state index in [-0.39, 0.29) is 15.8 Å². The third-order valence-electron chi connectivity index (χ3n) is 2.65. The van der Waals surface area contributed by atoms with Crippen molar-refractivity contribution in [2.75, 3.05) is 29.5 Å². The first kappa shape index (κ1) is 15.0. The van der Waals surface area contributed by atoms with E-state index in [9.17, 15) is 12.8 Å². The largest absolute Gasteiger partial charge is 0.398 e. The summed E-state index contributed by atoms with van der Waals surface area (Å²) in [6.07, 6.45) is 0. The van der Waals surface area contributed by atoms with Gasteiger partial charge in [0.05, 0.1) is 5.69 Å². The van der Waals surface area contributed by atoms with E-state index in [1.807, 2.05) is 11.8 Å². The van der Waals surface area contributed by atoms with Gasteiger partial charge in [-0.1, -0.05) is 0 Å². The minimum Gasteiger partial charge on any atom is -0.398 e. The van der Waals surface area contributed by atoms with Crippen LogP contribution in [0.2, 0.25) is 0 Å². The Labute approximate surface area is 120 Å². The van der Waals surface area contributed by atoms with Crippen LogP contribution in [0.25, 0.3) is 0 Å². The Morgan fingerprint density at radius 1 is 1.42 bits per heavy atom. The van der Waals surface area contributed by atoms with Crippen LogP contribution in [0.15, 0.2) is 23.1 Å². The van der Waals surface area contributed by atoms with Gasteiger partial charge in [0, 0.05) is 29.1 Å². The first-order valence-electron chi connectivity index (χ1n) is 5.73. The average molecular weight is 322 g/mol. The molecular weight excluding hydrogens is 307 g/mol. The molecule has 8 heteroatoms. The summed E-state index contributed by atoms with van der Waals surface area (Å²) in [6, 6.07) is 3.34. The molecule has 1 heterocycles. The maximum Gasteiger partial charge on any atom is 0.242 e. The predicted molar refractivity (Wildman–Crippen MR) is 79.6 cm³/mol. The van der Waals surface area contributed by atoms with Gasteiger partial charge in [-0.3, -0.25) is 0 Å². The highest BCUT2D eigenvalue weighted by molar-refractivity contribution is 8.06. The molecule has 0 radical (unpaired) electrons. The van der Waals surface area contributed by atoms with Gasteiger partial charge in [-0.15, -0.1) is 0 Å². The van der Waals surface area contributed by atoms with Crippen molar-refractivity contribution in [3.63, 3.8) is 0 Å². The number of benzene rings is 1. The second-order valence-electron chi connectivity index (χ2n) is 4.10. The standard InChI is InChI=1S/C11H15FN2O2S3/c12-8-1-2-10(13)11(5-8)19(15,16)14-6-9-7-17-3-4-18-9/h1-2,5,9,14H,3-4,6-7,13H2. The summed E-state index contributed by atoms with van der Waals surface area (Å²) in [5, 5.41) is 0.253. The third kappa shape index (κ3) is 4.01. The lowest BCUT2D eigenvalue weighted by molar-refractivity contribution is 0.578.